The summed E-state index contributed by atoms with van der Waals surface area (Å²) in [5.74, 6) is -0.455. The maximum atomic E-state index is 13.4. The van der Waals surface area contributed by atoms with Crippen LogP contribution < -0.4 is 5.32 Å². The van der Waals surface area contributed by atoms with Gasteiger partial charge in [-0.05, 0) is 50.2 Å². The summed E-state index contributed by atoms with van der Waals surface area (Å²) < 4.78 is 13.4. The van der Waals surface area contributed by atoms with Gasteiger partial charge in [0.25, 0.3) is 5.91 Å². The number of aromatic nitrogens is 1. The molecule has 0 radical (unpaired) electrons. The molecule has 4 nitrogen and oxygen atoms in total. The van der Waals surface area contributed by atoms with E-state index in [0.717, 1.165) is 5.56 Å². The van der Waals surface area contributed by atoms with Crippen molar-refractivity contribution >= 4 is 17.7 Å². The van der Waals surface area contributed by atoms with Crippen LogP contribution in [0, 0.1) is 5.82 Å². The third-order valence-electron chi connectivity index (χ3n) is 3.52. The number of halogens is 1. The van der Waals surface area contributed by atoms with Crippen molar-refractivity contribution in [1.29, 1.82) is 0 Å². The quantitative estimate of drug-likeness (QED) is 0.826. The fourth-order valence-corrected chi connectivity index (χ4v) is 2.87. The smallest absolute Gasteiger partial charge is 0.254 e. The van der Waals surface area contributed by atoms with Gasteiger partial charge < -0.3 is 10.2 Å². The van der Waals surface area contributed by atoms with Crippen LogP contribution in [-0.2, 0) is 0 Å². The Morgan fingerprint density at radius 3 is 2.78 bits per heavy atom. The maximum absolute atomic E-state index is 13.4. The minimum absolute atomic E-state index is 0.107. The molecule has 0 saturated carbocycles. The number of nitrogens with one attached hydrogen (secondary N) is 1. The molecule has 2 aromatic rings. The molecule has 0 aliphatic heterocycles. The van der Waals surface area contributed by atoms with E-state index < -0.39 is 0 Å². The number of pyridine rings is 1. The number of thioether (sulfide) groups is 1. The van der Waals surface area contributed by atoms with E-state index in [1.807, 2.05) is 31.3 Å². The predicted molar refractivity (Wildman–Crippen MR) is 91.2 cm³/mol. The SMILES string of the molecule is CSc1ncccc1C(=O)NC[C@H](c1cccc(F)c1)N(C)C. The third kappa shape index (κ3) is 4.53. The molecular formula is C17H20FN3OS. The molecule has 1 aromatic heterocycles. The number of nitrogens with zero attached hydrogens (tertiary/aromatic N) is 2. The van der Waals surface area contributed by atoms with Crippen LogP contribution in [-0.4, -0.2) is 42.7 Å². The van der Waals surface area contributed by atoms with E-state index in [4.69, 9.17) is 0 Å². The monoisotopic (exact) mass is 333 g/mol. The molecule has 1 atom stereocenters. The number of amides is 1. The largest absolute Gasteiger partial charge is 0.350 e. The highest BCUT2D eigenvalue weighted by Gasteiger charge is 2.18. The van der Waals surface area contributed by atoms with Crippen molar-refractivity contribution < 1.29 is 9.18 Å². The van der Waals surface area contributed by atoms with Crippen LogP contribution in [0.3, 0.4) is 0 Å². The van der Waals surface area contributed by atoms with Gasteiger partial charge in [-0.25, -0.2) is 9.37 Å². The summed E-state index contributed by atoms with van der Waals surface area (Å²) in [6.45, 7) is 0.387. The Morgan fingerprint density at radius 2 is 2.13 bits per heavy atom. The Morgan fingerprint density at radius 1 is 1.35 bits per heavy atom. The topological polar surface area (TPSA) is 45.2 Å². The summed E-state index contributed by atoms with van der Waals surface area (Å²) in [6, 6.07) is 9.83. The first kappa shape index (κ1) is 17.4. The molecule has 6 heteroatoms. The molecule has 0 saturated heterocycles. The lowest BCUT2D eigenvalue weighted by molar-refractivity contribution is 0.0938. The van der Waals surface area contributed by atoms with E-state index >= 15 is 0 Å². The molecule has 1 N–H and O–H groups in total. The summed E-state index contributed by atoms with van der Waals surface area (Å²) in [5.41, 5.74) is 1.38. The molecule has 0 bridgehead atoms. The molecule has 0 spiro atoms. The second-order valence-corrected chi connectivity index (χ2v) is 6.10. The zero-order valence-corrected chi connectivity index (χ0v) is 14.2. The first-order valence-corrected chi connectivity index (χ1v) is 8.44. The molecule has 23 heavy (non-hydrogen) atoms. The van der Waals surface area contributed by atoms with E-state index in [-0.39, 0.29) is 17.8 Å². The first-order chi connectivity index (χ1) is 11.0. The van der Waals surface area contributed by atoms with Gasteiger partial charge in [0.15, 0.2) is 0 Å². The number of carbonyl (C=O) groups is 1. The van der Waals surface area contributed by atoms with Gasteiger partial charge in [0, 0.05) is 12.7 Å². The van der Waals surface area contributed by atoms with Crippen LogP contribution in [0.5, 0.6) is 0 Å². The van der Waals surface area contributed by atoms with Crippen molar-refractivity contribution in [2.24, 2.45) is 0 Å². The van der Waals surface area contributed by atoms with Gasteiger partial charge >= 0.3 is 0 Å². The molecule has 0 aliphatic carbocycles. The van der Waals surface area contributed by atoms with E-state index in [2.05, 4.69) is 10.3 Å². The Balaban J connectivity index is 2.11. The second-order valence-electron chi connectivity index (χ2n) is 5.30. The van der Waals surface area contributed by atoms with Gasteiger partial charge in [-0.2, -0.15) is 0 Å². The lowest BCUT2D eigenvalue weighted by Crippen LogP contribution is -2.34. The lowest BCUT2D eigenvalue weighted by atomic mass is 10.1. The average molecular weight is 333 g/mol. The summed E-state index contributed by atoms with van der Waals surface area (Å²) in [5, 5.41) is 3.61. The number of likely N-dealkylation sites (N-methyl/N-ethyl adjacent to an activating group) is 1. The first-order valence-electron chi connectivity index (χ1n) is 7.22. The molecule has 2 rings (SSSR count). The average Bonchev–Trinajstić information content (AvgIpc) is 2.54. The van der Waals surface area contributed by atoms with E-state index in [9.17, 15) is 9.18 Å². The van der Waals surface area contributed by atoms with Gasteiger partial charge in [-0.1, -0.05) is 12.1 Å². The highest BCUT2D eigenvalue weighted by atomic mass is 32.2. The van der Waals surface area contributed by atoms with Crippen LogP contribution >= 0.6 is 11.8 Å². The fourth-order valence-electron chi connectivity index (χ4n) is 2.32. The zero-order valence-electron chi connectivity index (χ0n) is 13.4. The molecular weight excluding hydrogens is 313 g/mol. The highest BCUT2D eigenvalue weighted by molar-refractivity contribution is 7.98. The number of benzene rings is 1. The predicted octanol–water partition coefficient (Wildman–Crippen LogP) is 2.98. The van der Waals surface area contributed by atoms with E-state index in [0.29, 0.717) is 17.1 Å². The van der Waals surface area contributed by atoms with Crippen LogP contribution in [0.2, 0.25) is 0 Å². The van der Waals surface area contributed by atoms with Crippen molar-refractivity contribution in [2.75, 3.05) is 26.9 Å². The van der Waals surface area contributed by atoms with Crippen LogP contribution in [0.15, 0.2) is 47.6 Å². The summed E-state index contributed by atoms with van der Waals surface area (Å²) >= 11 is 1.43. The Kier molecular flexibility index (Phi) is 6.12. The second kappa shape index (κ2) is 8.08. The molecule has 0 unspecified atom stereocenters. The third-order valence-corrected chi connectivity index (χ3v) is 4.23. The zero-order chi connectivity index (χ0) is 16.8. The Hall–Kier alpha value is -1.92. The Bertz CT molecular complexity index is 678. The lowest BCUT2D eigenvalue weighted by Gasteiger charge is -2.25. The molecule has 1 aromatic carbocycles. The van der Waals surface area contributed by atoms with Crippen molar-refractivity contribution in [3.63, 3.8) is 0 Å². The van der Waals surface area contributed by atoms with Crippen molar-refractivity contribution in [3.8, 4) is 0 Å². The standard InChI is InChI=1S/C17H20FN3OS/c1-21(2)15(12-6-4-7-13(18)10-12)11-20-16(22)14-8-5-9-19-17(14)23-3/h4-10,15H,11H2,1-3H3,(H,20,22)/t15-/m1/s1. The van der Waals surface area contributed by atoms with Crippen LogP contribution in [0.1, 0.15) is 22.0 Å². The Labute approximate surface area is 140 Å². The van der Waals surface area contributed by atoms with Gasteiger partial charge in [-0.3, -0.25) is 4.79 Å². The van der Waals surface area contributed by atoms with Gasteiger partial charge in [0.1, 0.15) is 10.8 Å². The molecule has 1 amide bonds. The van der Waals surface area contributed by atoms with Crippen molar-refractivity contribution in [1.82, 2.24) is 15.2 Å². The summed E-state index contributed by atoms with van der Waals surface area (Å²) in [6.07, 6.45) is 3.55. The number of hydrogen-bond donors (Lipinski definition) is 1. The highest BCUT2D eigenvalue weighted by Crippen LogP contribution is 2.20. The number of carbonyl (C=O) groups excluding carboxylic acids is 1. The van der Waals surface area contributed by atoms with Crippen molar-refractivity contribution in [2.45, 2.75) is 11.1 Å². The minimum atomic E-state index is -0.280. The molecule has 1 heterocycles. The molecule has 122 valence electrons. The molecule has 0 aliphatic rings. The maximum Gasteiger partial charge on any atom is 0.254 e. The van der Waals surface area contributed by atoms with E-state index in [1.165, 1.54) is 23.9 Å². The number of rotatable bonds is 6. The molecule has 0 fully saturated rings. The minimum Gasteiger partial charge on any atom is -0.350 e. The van der Waals surface area contributed by atoms with Gasteiger partial charge in [0.05, 0.1) is 11.6 Å². The van der Waals surface area contributed by atoms with Crippen molar-refractivity contribution in [3.05, 3.63) is 59.5 Å². The number of hydrogen-bond acceptors (Lipinski definition) is 4. The normalized spacial score (nSPS) is 12.2. The van der Waals surface area contributed by atoms with Gasteiger partial charge in [0.2, 0.25) is 0 Å². The summed E-state index contributed by atoms with van der Waals surface area (Å²) in [7, 11) is 3.80. The van der Waals surface area contributed by atoms with Crippen LogP contribution in [0.25, 0.3) is 0 Å². The van der Waals surface area contributed by atoms with E-state index in [1.54, 1.807) is 24.4 Å². The van der Waals surface area contributed by atoms with Crippen LogP contribution in [0.4, 0.5) is 4.39 Å². The summed E-state index contributed by atoms with van der Waals surface area (Å²) in [4.78, 5) is 18.5. The fraction of sp³-hybridized carbons (Fsp3) is 0.294. The van der Waals surface area contributed by atoms with Gasteiger partial charge in [-0.15, -0.1) is 11.8 Å².